The molecule has 0 bridgehead atoms. The summed E-state index contributed by atoms with van der Waals surface area (Å²) in [6.07, 6.45) is 0. The maximum absolute atomic E-state index is 3.83. The molecule has 1 N–H and O–H groups in total. The van der Waals surface area contributed by atoms with Gasteiger partial charge in [-0.2, -0.15) is 0 Å². The van der Waals surface area contributed by atoms with Gasteiger partial charge in [-0.25, -0.2) is 0 Å². The van der Waals surface area contributed by atoms with Gasteiger partial charge in [-0.3, -0.25) is 0 Å². The Hall–Kier alpha value is -1.24. The zero-order valence-electron chi connectivity index (χ0n) is 8.86. The largest absolute Gasteiger partial charge is 0.359 e. The number of hydrogen-bond acceptors (Lipinski definition) is 1. The highest BCUT2D eigenvalue weighted by atomic mass is 14.9. The molecule has 0 radical (unpaired) electrons. The third-order valence-electron chi connectivity index (χ3n) is 2.19. The third kappa shape index (κ3) is 2.35. The second-order valence-corrected chi connectivity index (χ2v) is 3.66. The number of hydrogen-bond donors (Lipinski definition) is 1. The number of allylic oxidation sites excluding steroid dienone is 1. The molecular weight excluding hydrogens is 158 g/mol. The van der Waals surface area contributed by atoms with Gasteiger partial charge in [-0.1, -0.05) is 12.6 Å². The van der Waals surface area contributed by atoms with E-state index >= 15 is 0 Å². The Balaban J connectivity index is 3.08. The maximum Gasteiger partial charge on any atom is 0.0414 e. The molecule has 1 rings (SSSR count). The van der Waals surface area contributed by atoms with Crippen LogP contribution in [0.2, 0.25) is 0 Å². The zero-order valence-corrected chi connectivity index (χ0v) is 8.86. The monoisotopic (exact) mass is 175 g/mol. The van der Waals surface area contributed by atoms with Gasteiger partial charge in [0.05, 0.1) is 0 Å². The van der Waals surface area contributed by atoms with Crippen LogP contribution in [0.15, 0.2) is 24.4 Å². The topological polar surface area (TPSA) is 12.0 Å². The van der Waals surface area contributed by atoms with Gasteiger partial charge in [-0.15, -0.1) is 0 Å². The average molecular weight is 175 g/mol. The van der Waals surface area contributed by atoms with Crippen molar-refractivity contribution in [3.8, 4) is 0 Å². The molecule has 0 spiro atoms. The normalized spacial score (nSPS) is 9.85. The summed E-state index contributed by atoms with van der Waals surface area (Å²) in [5.41, 5.74) is 6.06. The summed E-state index contributed by atoms with van der Waals surface area (Å²) in [6, 6.07) is 4.36. The molecule has 13 heavy (non-hydrogen) atoms. The van der Waals surface area contributed by atoms with Crippen LogP contribution in [0.1, 0.15) is 23.6 Å². The van der Waals surface area contributed by atoms with E-state index < -0.39 is 0 Å². The Morgan fingerprint density at radius 2 is 1.62 bits per heavy atom. The van der Waals surface area contributed by atoms with Crippen molar-refractivity contribution in [3.05, 3.63) is 41.1 Å². The lowest BCUT2D eigenvalue weighted by atomic mass is 10.0. The molecule has 0 saturated heterocycles. The van der Waals surface area contributed by atoms with Gasteiger partial charge in [0.15, 0.2) is 0 Å². The molecule has 0 amide bonds. The first-order chi connectivity index (χ1) is 6.00. The minimum atomic E-state index is 0.978. The van der Waals surface area contributed by atoms with Gasteiger partial charge in [0, 0.05) is 11.4 Å². The molecule has 0 aliphatic carbocycles. The van der Waals surface area contributed by atoms with Crippen LogP contribution in [0.5, 0.6) is 0 Å². The Morgan fingerprint density at radius 1 is 1.08 bits per heavy atom. The van der Waals surface area contributed by atoms with Crippen LogP contribution in [0.4, 0.5) is 5.69 Å². The molecule has 0 fully saturated rings. The second kappa shape index (κ2) is 3.65. The summed E-state index contributed by atoms with van der Waals surface area (Å²) >= 11 is 0. The van der Waals surface area contributed by atoms with Gasteiger partial charge in [0.25, 0.3) is 0 Å². The first kappa shape index (κ1) is 9.85. The summed E-state index contributed by atoms with van der Waals surface area (Å²) in [5.74, 6) is 0. The Bertz CT molecular complexity index is 337. The molecule has 0 aliphatic heterocycles. The summed E-state index contributed by atoms with van der Waals surface area (Å²) < 4.78 is 0. The SMILES string of the molecule is C=C(C)Nc1cc(C)c(C)cc1C. The molecular formula is C12H17N. The van der Waals surface area contributed by atoms with Crippen LogP contribution in [0.3, 0.4) is 0 Å². The molecule has 0 aromatic heterocycles. The Kier molecular flexibility index (Phi) is 2.76. The zero-order chi connectivity index (χ0) is 10.0. The predicted octanol–water partition coefficient (Wildman–Crippen LogP) is 3.56. The summed E-state index contributed by atoms with van der Waals surface area (Å²) in [5, 5.41) is 3.25. The van der Waals surface area contributed by atoms with Gasteiger partial charge < -0.3 is 5.32 Å². The first-order valence-corrected chi connectivity index (χ1v) is 4.51. The molecule has 0 unspecified atom stereocenters. The van der Waals surface area contributed by atoms with Gasteiger partial charge in [0.2, 0.25) is 0 Å². The van der Waals surface area contributed by atoms with Crippen molar-refractivity contribution in [2.75, 3.05) is 5.32 Å². The van der Waals surface area contributed by atoms with E-state index in [1.165, 1.54) is 16.7 Å². The lowest BCUT2D eigenvalue weighted by Gasteiger charge is -2.11. The predicted molar refractivity (Wildman–Crippen MR) is 59.1 cm³/mol. The molecule has 0 heterocycles. The minimum Gasteiger partial charge on any atom is -0.359 e. The highest BCUT2D eigenvalue weighted by molar-refractivity contribution is 5.57. The summed E-state index contributed by atoms with van der Waals surface area (Å²) in [6.45, 7) is 12.2. The molecule has 1 nitrogen and oxygen atoms in total. The van der Waals surface area contributed by atoms with Crippen LogP contribution in [-0.2, 0) is 0 Å². The minimum absolute atomic E-state index is 0.978. The number of anilines is 1. The number of aryl methyl sites for hydroxylation is 3. The molecule has 0 atom stereocenters. The fraction of sp³-hybridized carbons (Fsp3) is 0.333. The van der Waals surface area contributed by atoms with Crippen molar-refractivity contribution in [1.82, 2.24) is 0 Å². The van der Waals surface area contributed by atoms with E-state index in [9.17, 15) is 0 Å². The smallest absolute Gasteiger partial charge is 0.0414 e. The van der Waals surface area contributed by atoms with Crippen LogP contribution in [-0.4, -0.2) is 0 Å². The van der Waals surface area contributed by atoms with Crippen molar-refractivity contribution < 1.29 is 0 Å². The second-order valence-electron chi connectivity index (χ2n) is 3.66. The van der Waals surface area contributed by atoms with Crippen molar-refractivity contribution >= 4 is 5.69 Å². The Labute approximate surface area is 80.5 Å². The summed E-state index contributed by atoms with van der Waals surface area (Å²) in [4.78, 5) is 0. The number of benzene rings is 1. The van der Waals surface area contributed by atoms with E-state index in [0.717, 1.165) is 11.4 Å². The van der Waals surface area contributed by atoms with E-state index in [4.69, 9.17) is 0 Å². The van der Waals surface area contributed by atoms with E-state index in [0.29, 0.717) is 0 Å². The first-order valence-electron chi connectivity index (χ1n) is 4.51. The van der Waals surface area contributed by atoms with E-state index in [2.05, 4.69) is 44.8 Å². The molecule has 70 valence electrons. The summed E-state index contributed by atoms with van der Waals surface area (Å²) in [7, 11) is 0. The van der Waals surface area contributed by atoms with Crippen LogP contribution in [0, 0.1) is 20.8 Å². The van der Waals surface area contributed by atoms with Crippen LogP contribution >= 0.6 is 0 Å². The fourth-order valence-corrected chi connectivity index (χ4v) is 1.33. The standard InChI is InChI=1S/C12H17N/c1-8(2)13-12-7-10(4)9(3)6-11(12)5/h6-7,13H,1H2,2-5H3. The van der Waals surface area contributed by atoms with Crippen molar-refractivity contribution in [2.45, 2.75) is 27.7 Å². The molecule has 0 saturated carbocycles. The maximum atomic E-state index is 3.83. The molecule has 1 aromatic rings. The lowest BCUT2D eigenvalue weighted by molar-refractivity contribution is 1.27. The number of nitrogens with one attached hydrogen (secondary N) is 1. The quantitative estimate of drug-likeness (QED) is 0.724. The third-order valence-corrected chi connectivity index (χ3v) is 2.19. The van der Waals surface area contributed by atoms with Crippen LogP contribution in [0.25, 0.3) is 0 Å². The molecule has 1 heteroatoms. The average Bonchev–Trinajstić information content (AvgIpc) is 1.99. The van der Waals surface area contributed by atoms with E-state index in [-0.39, 0.29) is 0 Å². The van der Waals surface area contributed by atoms with Crippen LogP contribution < -0.4 is 5.32 Å². The lowest BCUT2D eigenvalue weighted by Crippen LogP contribution is -1.97. The van der Waals surface area contributed by atoms with Gasteiger partial charge in [0.1, 0.15) is 0 Å². The van der Waals surface area contributed by atoms with Crippen molar-refractivity contribution in [1.29, 1.82) is 0 Å². The van der Waals surface area contributed by atoms with E-state index in [1.807, 2.05) is 6.92 Å². The van der Waals surface area contributed by atoms with Crippen molar-refractivity contribution in [3.63, 3.8) is 0 Å². The molecule has 0 aliphatic rings. The van der Waals surface area contributed by atoms with Crippen molar-refractivity contribution in [2.24, 2.45) is 0 Å². The highest BCUT2D eigenvalue weighted by Crippen LogP contribution is 2.20. The molecule has 1 aromatic carbocycles. The Morgan fingerprint density at radius 3 is 2.15 bits per heavy atom. The van der Waals surface area contributed by atoms with Gasteiger partial charge >= 0.3 is 0 Å². The fourth-order valence-electron chi connectivity index (χ4n) is 1.33. The van der Waals surface area contributed by atoms with Gasteiger partial charge in [-0.05, 0) is 50.5 Å². The highest BCUT2D eigenvalue weighted by Gasteiger charge is 2.00. The van der Waals surface area contributed by atoms with E-state index in [1.54, 1.807) is 0 Å². The number of rotatable bonds is 2.